The normalized spacial score (nSPS) is 12.6. The lowest BCUT2D eigenvalue weighted by molar-refractivity contribution is -0.143. The summed E-state index contributed by atoms with van der Waals surface area (Å²) in [5.74, 6) is -0.0499. The number of hydrogen-bond acceptors (Lipinski definition) is 5. The second-order valence-electron chi connectivity index (χ2n) is 22.1. The van der Waals surface area contributed by atoms with Crippen LogP contribution in [0.2, 0.25) is 0 Å². The zero-order chi connectivity index (χ0) is 50.7. The summed E-state index contributed by atoms with van der Waals surface area (Å²) in [4.78, 5) is 24.6. The fourth-order valence-electron chi connectivity index (χ4n) is 10.2. The number of amides is 1. The number of carbonyl (C=O) groups is 2. The fourth-order valence-corrected chi connectivity index (χ4v) is 10.2. The number of hydrogen-bond donors (Lipinski definition) is 3. The van der Waals surface area contributed by atoms with Crippen LogP contribution in [-0.2, 0) is 14.3 Å². The van der Waals surface area contributed by atoms with Crippen LogP contribution in [0.1, 0.15) is 361 Å². The molecule has 0 aliphatic rings. The minimum atomic E-state index is -0.672. The summed E-state index contributed by atoms with van der Waals surface area (Å²) in [5, 5.41) is 23.4. The van der Waals surface area contributed by atoms with Crippen LogP contribution in [0.4, 0.5) is 0 Å². The quantitative estimate of drug-likeness (QED) is 0.0321. The molecule has 3 N–H and O–H groups in total. The summed E-state index contributed by atoms with van der Waals surface area (Å²) in [5.41, 5.74) is 0. The van der Waals surface area contributed by atoms with Crippen molar-refractivity contribution in [3.8, 4) is 0 Å². The molecule has 0 saturated carbocycles. The van der Waals surface area contributed by atoms with Gasteiger partial charge in [0.15, 0.2) is 0 Å². The molecule has 6 nitrogen and oxygen atoms in total. The molecule has 0 bridgehead atoms. The predicted molar refractivity (Wildman–Crippen MR) is 306 cm³/mol. The molecular formula is C64H125NO5. The van der Waals surface area contributed by atoms with Crippen molar-refractivity contribution in [3.05, 3.63) is 12.2 Å². The first kappa shape index (κ1) is 68.6. The highest BCUT2D eigenvalue weighted by Gasteiger charge is 2.20. The molecule has 0 aromatic heterocycles. The Hall–Kier alpha value is -1.40. The molecule has 0 aromatic carbocycles. The Morgan fingerprint density at radius 3 is 1.01 bits per heavy atom. The Kier molecular flexibility index (Phi) is 59.0. The van der Waals surface area contributed by atoms with Gasteiger partial charge in [0.05, 0.1) is 25.4 Å². The van der Waals surface area contributed by atoms with E-state index in [4.69, 9.17) is 4.74 Å². The van der Waals surface area contributed by atoms with Gasteiger partial charge >= 0.3 is 5.97 Å². The lowest BCUT2D eigenvalue weighted by atomic mass is 10.0. The number of carbonyl (C=O) groups excluding carboxylic acids is 2. The number of unbranched alkanes of at least 4 members (excludes halogenated alkanes) is 47. The van der Waals surface area contributed by atoms with E-state index in [1.54, 1.807) is 0 Å². The molecular weight excluding hydrogens is 863 g/mol. The van der Waals surface area contributed by atoms with Gasteiger partial charge in [-0.25, -0.2) is 0 Å². The maximum absolute atomic E-state index is 12.5. The maximum Gasteiger partial charge on any atom is 0.305 e. The molecule has 0 radical (unpaired) electrons. The first-order valence-electron chi connectivity index (χ1n) is 31.9. The van der Waals surface area contributed by atoms with Gasteiger partial charge in [-0.2, -0.15) is 0 Å². The Morgan fingerprint density at radius 2 is 0.671 bits per heavy atom. The zero-order valence-electron chi connectivity index (χ0n) is 47.5. The van der Waals surface area contributed by atoms with Crippen LogP contribution in [0.25, 0.3) is 0 Å². The molecule has 416 valence electrons. The predicted octanol–water partition coefficient (Wildman–Crippen LogP) is 20.0. The van der Waals surface area contributed by atoms with Crippen molar-refractivity contribution in [1.82, 2.24) is 5.32 Å². The summed E-state index contributed by atoms with van der Waals surface area (Å²) >= 11 is 0. The number of esters is 1. The van der Waals surface area contributed by atoms with E-state index in [1.165, 1.54) is 276 Å². The monoisotopic (exact) mass is 988 g/mol. The molecule has 0 saturated heterocycles. The third-order valence-electron chi connectivity index (χ3n) is 15.1. The third kappa shape index (κ3) is 55.9. The average Bonchev–Trinajstić information content (AvgIpc) is 3.36. The summed E-state index contributed by atoms with van der Waals surface area (Å²) in [7, 11) is 0. The summed E-state index contributed by atoms with van der Waals surface area (Å²) < 4.78 is 5.48. The van der Waals surface area contributed by atoms with Gasteiger partial charge in [-0.15, -0.1) is 0 Å². The number of ether oxygens (including phenoxy) is 1. The van der Waals surface area contributed by atoms with E-state index in [1.807, 2.05) is 0 Å². The Morgan fingerprint density at radius 1 is 0.386 bits per heavy atom. The van der Waals surface area contributed by atoms with Crippen LogP contribution in [0.3, 0.4) is 0 Å². The van der Waals surface area contributed by atoms with Crippen molar-refractivity contribution in [3.63, 3.8) is 0 Å². The van der Waals surface area contributed by atoms with Crippen molar-refractivity contribution < 1.29 is 24.5 Å². The second kappa shape index (κ2) is 60.2. The minimum Gasteiger partial charge on any atom is -0.466 e. The molecule has 0 aliphatic carbocycles. The van der Waals surface area contributed by atoms with Gasteiger partial charge in [-0.1, -0.05) is 309 Å². The number of rotatable bonds is 60. The largest absolute Gasteiger partial charge is 0.466 e. The fraction of sp³-hybridized carbons (Fsp3) is 0.938. The summed E-state index contributed by atoms with van der Waals surface area (Å²) in [6.07, 6.45) is 72.2. The van der Waals surface area contributed by atoms with E-state index >= 15 is 0 Å². The molecule has 2 atom stereocenters. The standard InChI is InChI=1S/C64H125NO5/c1-3-5-7-9-11-13-15-17-19-20-21-22-23-24-25-26-27-29-32-36-40-44-48-52-56-62(67)61(60-66)65-63(68)57-53-49-45-41-37-33-30-31-35-39-43-47-51-55-59-70-64(69)58-54-50-46-42-38-34-28-18-16-14-12-10-8-6-4-2/h18,28,61-62,66-67H,3-17,19-27,29-60H2,1-2H3,(H,65,68)/b28-18-. The van der Waals surface area contributed by atoms with Crippen molar-refractivity contribution in [2.75, 3.05) is 13.2 Å². The van der Waals surface area contributed by atoms with Crippen LogP contribution < -0.4 is 5.32 Å². The van der Waals surface area contributed by atoms with Gasteiger partial charge in [-0.3, -0.25) is 9.59 Å². The van der Waals surface area contributed by atoms with E-state index in [-0.39, 0.29) is 18.5 Å². The molecule has 0 spiro atoms. The number of allylic oxidation sites excluding steroid dienone is 2. The van der Waals surface area contributed by atoms with Crippen LogP contribution in [0.5, 0.6) is 0 Å². The Labute approximate surface area is 438 Å². The van der Waals surface area contributed by atoms with Crippen LogP contribution >= 0.6 is 0 Å². The smallest absolute Gasteiger partial charge is 0.305 e. The second-order valence-corrected chi connectivity index (χ2v) is 22.1. The molecule has 0 heterocycles. The van der Waals surface area contributed by atoms with Crippen molar-refractivity contribution in [2.45, 2.75) is 373 Å². The van der Waals surface area contributed by atoms with Gasteiger partial charge in [0.1, 0.15) is 0 Å². The number of aliphatic hydroxyl groups is 2. The number of nitrogens with one attached hydrogen (secondary N) is 1. The Bertz CT molecular complexity index is 1050. The molecule has 70 heavy (non-hydrogen) atoms. The molecule has 0 fully saturated rings. The van der Waals surface area contributed by atoms with E-state index in [9.17, 15) is 19.8 Å². The van der Waals surface area contributed by atoms with Gasteiger partial charge in [0, 0.05) is 12.8 Å². The minimum absolute atomic E-state index is 0.00868. The van der Waals surface area contributed by atoms with E-state index in [0.29, 0.717) is 25.9 Å². The first-order valence-corrected chi connectivity index (χ1v) is 31.9. The van der Waals surface area contributed by atoms with Gasteiger partial charge < -0.3 is 20.3 Å². The molecule has 6 heteroatoms. The highest BCUT2D eigenvalue weighted by Crippen LogP contribution is 2.18. The highest BCUT2D eigenvalue weighted by atomic mass is 16.5. The van der Waals surface area contributed by atoms with Gasteiger partial charge in [0.2, 0.25) is 5.91 Å². The SMILES string of the molecule is CCCCCCCC/C=C\CCCCCCCC(=O)OCCCCCCCCCCCCCCCCC(=O)NC(CO)C(O)CCCCCCCCCCCCCCCCCCCCCCCCCC. The van der Waals surface area contributed by atoms with E-state index < -0.39 is 12.1 Å². The lowest BCUT2D eigenvalue weighted by Crippen LogP contribution is -2.45. The van der Waals surface area contributed by atoms with Crippen LogP contribution in [0.15, 0.2) is 12.2 Å². The summed E-state index contributed by atoms with van der Waals surface area (Å²) in [6, 6.07) is -0.550. The van der Waals surface area contributed by atoms with Crippen LogP contribution in [0, 0.1) is 0 Å². The maximum atomic E-state index is 12.5. The topological polar surface area (TPSA) is 95.9 Å². The summed E-state index contributed by atoms with van der Waals surface area (Å²) in [6.45, 7) is 4.95. The molecule has 0 rings (SSSR count). The van der Waals surface area contributed by atoms with E-state index in [2.05, 4.69) is 31.3 Å². The van der Waals surface area contributed by atoms with Gasteiger partial charge in [0.25, 0.3) is 0 Å². The third-order valence-corrected chi connectivity index (χ3v) is 15.1. The Balaban J connectivity index is 3.43. The van der Waals surface area contributed by atoms with Crippen molar-refractivity contribution in [1.29, 1.82) is 0 Å². The van der Waals surface area contributed by atoms with Crippen molar-refractivity contribution in [2.24, 2.45) is 0 Å². The number of aliphatic hydroxyl groups excluding tert-OH is 2. The average molecular weight is 989 g/mol. The van der Waals surface area contributed by atoms with Gasteiger partial charge in [-0.05, 0) is 51.4 Å². The van der Waals surface area contributed by atoms with Crippen LogP contribution in [-0.4, -0.2) is 47.4 Å². The van der Waals surface area contributed by atoms with E-state index in [0.717, 1.165) is 51.4 Å². The highest BCUT2D eigenvalue weighted by molar-refractivity contribution is 5.76. The molecule has 1 amide bonds. The zero-order valence-corrected chi connectivity index (χ0v) is 47.5. The van der Waals surface area contributed by atoms with Crippen molar-refractivity contribution >= 4 is 11.9 Å². The molecule has 0 aliphatic heterocycles. The first-order chi connectivity index (χ1) is 34.5. The molecule has 0 aromatic rings. The molecule has 2 unspecified atom stereocenters. The lowest BCUT2D eigenvalue weighted by Gasteiger charge is -2.22.